The Balaban J connectivity index is -0.000000966. The normalized spacial score (nSPS) is 11.5. The van der Waals surface area contributed by atoms with Crippen LogP contribution in [0, 0.1) is 0 Å². The molecule has 0 rings (SSSR count). The Labute approximate surface area is 370 Å². The maximum Gasteiger partial charge on any atom is 2.00 e. The molecule has 2 amide bonds. The van der Waals surface area contributed by atoms with E-state index in [4.69, 9.17) is 0 Å². The zero-order valence-electron chi connectivity index (χ0n) is 36.1. The molecule has 0 aliphatic carbocycles. The van der Waals surface area contributed by atoms with Crippen molar-refractivity contribution in [1.29, 1.82) is 0 Å². The number of amides is 2. The largest absolute Gasteiger partial charge is 2.00 e. The zero-order chi connectivity index (χ0) is 40.8. The van der Waals surface area contributed by atoms with Crippen LogP contribution in [0.4, 0.5) is 0 Å². The molecule has 0 bridgehead atoms. The number of carbonyl (C=O) groups is 2. The number of unbranched alkanes of at least 4 members (excludes halogenated alkanes) is 26. The Morgan fingerprint density at radius 3 is 0.782 bits per heavy atom. The minimum absolute atomic E-state index is 0. The Bertz CT molecular complexity index is 993. The summed E-state index contributed by atoms with van der Waals surface area (Å²) < 4.78 is 63.3. The van der Waals surface area contributed by atoms with Crippen molar-refractivity contribution < 1.29 is 35.5 Å². The standard InChI is InChI=1S/2C21H43NO4S.Ca/c2*1-3-4-5-6-7-8-9-10-11-12-13-14-15-16-18-21(23)22(2)19-17-20-27(24,25)26;/h2*3-20H2,1-2H3,(H,24,25,26);/q;;+2/p-2. The van der Waals surface area contributed by atoms with E-state index in [2.05, 4.69) is 13.8 Å². The van der Waals surface area contributed by atoms with Gasteiger partial charge in [0.2, 0.25) is 11.8 Å². The van der Waals surface area contributed by atoms with Gasteiger partial charge in [-0.3, -0.25) is 9.59 Å². The summed E-state index contributed by atoms with van der Waals surface area (Å²) in [6.45, 7) is 5.18. The van der Waals surface area contributed by atoms with Crippen molar-refractivity contribution in [1.82, 2.24) is 9.80 Å². The average molecular weight is 849 g/mol. The van der Waals surface area contributed by atoms with Crippen LogP contribution in [0.3, 0.4) is 0 Å². The van der Waals surface area contributed by atoms with Crippen molar-refractivity contribution in [3.8, 4) is 0 Å². The first kappa shape index (κ1) is 59.3. The van der Waals surface area contributed by atoms with E-state index in [1.54, 1.807) is 14.1 Å². The van der Waals surface area contributed by atoms with Gasteiger partial charge in [0, 0.05) is 51.5 Å². The van der Waals surface area contributed by atoms with Crippen molar-refractivity contribution >= 4 is 69.8 Å². The third-order valence-corrected chi connectivity index (χ3v) is 11.7. The summed E-state index contributed by atoms with van der Waals surface area (Å²) in [6.07, 6.45) is 37.6. The average Bonchev–Trinajstić information content (AvgIpc) is 3.10. The second kappa shape index (κ2) is 42.2. The van der Waals surface area contributed by atoms with Crippen molar-refractivity contribution in [3.63, 3.8) is 0 Å². The van der Waals surface area contributed by atoms with Crippen LogP contribution in [-0.2, 0) is 29.8 Å². The molecule has 0 fully saturated rings. The van der Waals surface area contributed by atoms with E-state index in [-0.39, 0.29) is 62.4 Å². The van der Waals surface area contributed by atoms with E-state index in [0.717, 1.165) is 25.7 Å². The predicted molar refractivity (Wildman–Crippen MR) is 229 cm³/mol. The summed E-state index contributed by atoms with van der Waals surface area (Å²) in [5.74, 6) is -0.720. The van der Waals surface area contributed by atoms with Crippen molar-refractivity contribution in [3.05, 3.63) is 0 Å². The molecule has 324 valence electrons. The smallest absolute Gasteiger partial charge is 0.748 e. The summed E-state index contributed by atoms with van der Waals surface area (Å²) in [7, 11) is -5.01. The summed E-state index contributed by atoms with van der Waals surface area (Å²) >= 11 is 0. The first-order valence-corrected chi connectivity index (χ1v) is 25.2. The molecule has 0 saturated carbocycles. The third-order valence-electron chi connectivity index (χ3n) is 10.1. The SMILES string of the molecule is CCCCCCCCCCCCCCCCC(=O)N(C)CCCS(=O)(=O)[O-].CCCCCCCCCCCCCCCCC(=O)N(C)CCCS(=O)(=O)[O-].[Ca+2]. The van der Waals surface area contributed by atoms with Gasteiger partial charge in [-0.1, -0.05) is 181 Å². The third kappa shape index (κ3) is 50.1. The quantitative estimate of drug-likeness (QED) is 0.0338. The van der Waals surface area contributed by atoms with E-state index < -0.39 is 31.7 Å². The van der Waals surface area contributed by atoms with Gasteiger partial charge in [0.1, 0.15) is 0 Å². The second-order valence-electron chi connectivity index (χ2n) is 15.6. The van der Waals surface area contributed by atoms with Crippen LogP contribution in [-0.4, -0.2) is 124 Å². The molecule has 0 aromatic carbocycles. The minimum atomic E-state index is -4.18. The molecular formula is C42H84CaN2O8S2. The summed E-state index contributed by atoms with van der Waals surface area (Å²) in [5, 5.41) is 0. The molecule has 0 radical (unpaired) electrons. The summed E-state index contributed by atoms with van der Waals surface area (Å²) in [6, 6.07) is 0. The Hall–Kier alpha value is 0.0197. The van der Waals surface area contributed by atoms with E-state index in [1.807, 2.05) is 0 Å². The molecule has 0 N–H and O–H groups in total. The fraction of sp³-hybridized carbons (Fsp3) is 0.952. The Morgan fingerprint density at radius 2 is 0.582 bits per heavy atom. The molecule has 0 heterocycles. The van der Waals surface area contributed by atoms with Crippen molar-refractivity contribution in [2.24, 2.45) is 0 Å². The monoisotopic (exact) mass is 849 g/mol. The van der Waals surface area contributed by atoms with E-state index in [1.165, 1.54) is 164 Å². The fourth-order valence-corrected chi connectivity index (χ4v) is 7.49. The van der Waals surface area contributed by atoms with E-state index in [9.17, 15) is 35.5 Å². The first-order chi connectivity index (χ1) is 25.7. The predicted octanol–water partition coefficient (Wildman–Crippen LogP) is 10.1. The van der Waals surface area contributed by atoms with Gasteiger partial charge in [-0.2, -0.15) is 0 Å². The maximum atomic E-state index is 11.9. The number of rotatable bonds is 38. The van der Waals surface area contributed by atoms with Crippen LogP contribution in [0.5, 0.6) is 0 Å². The second-order valence-corrected chi connectivity index (χ2v) is 18.6. The molecule has 0 aromatic rings. The van der Waals surface area contributed by atoms with Crippen LogP contribution in [0.1, 0.15) is 219 Å². The number of hydrogen-bond donors (Lipinski definition) is 0. The molecule has 13 heteroatoms. The molecule has 10 nitrogen and oxygen atoms in total. The van der Waals surface area contributed by atoms with Gasteiger partial charge in [0.05, 0.1) is 20.2 Å². The van der Waals surface area contributed by atoms with Gasteiger partial charge in [-0.15, -0.1) is 0 Å². The van der Waals surface area contributed by atoms with Gasteiger partial charge in [-0.25, -0.2) is 16.8 Å². The Morgan fingerprint density at radius 1 is 0.382 bits per heavy atom. The van der Waals surface area contributed by atoms with Gasteiger partial charge < -0.3 is 18.9 Å². The minimum Gasteiger partial charge on any atom is -0.748 e. The molecule has 0 aliphatic heterocycles. The van der Waals surface area contributed by atoms with Crippen molar-refractivity contribution in [2.75, 3.05) is 38.7 Å². The number of carbonyl (C=O) groups excluding carboxylic acids is 2. The summed E-state index contributed by atoms with van der Waals surface area (Å²) in [4.78, 5) is 26.9. The molecule has 0 atom stereocenters. The molecular weight excluding hydrogens is 765 g/mol. The first-order valence-electron chi connectivity index (χ1n) is 22.1. The zero-order valence-corrected chi connectivity index (χ0v) is 40.0. The molecule has 0 aliphatic rings. The number of nitrogens with zero attached hydrogens (tertiary/aromatic N) is 2. The van der Waals surface area contributed by atoms with Crippen LogP contribution in [0.15, 0.2) is 0 Å². The van der Waals surface area contributed by atoms with Gasteiger partial charge >= 0.3 is 37.7 Å². The molecule has 0 aromatic heterocycles. The molecule has 0 unspecified atom stereocenters. The van der Waals surface area contributed by atoms with Crippen LogP contribution in [0.2, 0.25) is 0 Å². The molecule has 0 saturated heterocycles. The van der Waals surface area contributed by atoms with Crippen LogP contribution < -0.4 is 0 Å². The Kier molecular flexibility index (Phi) is 45.5. The number of hydrogen-bond acceptors (Lipinski definition) is 8. The van der Waals surface area contributed by atoms with Gasteiger partial charge in [0.15, 0.2) is 0 Å². The molecule has 0 spiro atoms. The van der Waals surface area contributed by atoms with Crippen LogP contribution in [0.25, 0.3) is 0 Å². The van der Waals surface area contributed by atoms with Crippen molar-refractivity contribution in [2.45, 2.75) is 219 Å². The van der Waals surface area contributed by atoms with E-state index >= 15 is 0 Å². The summed E-state index contributed by atoms with van der Waals surface area (Å²) in [5.41, 5.74) is 0. The van der Waals surface area contributed by atoms with Crippen LogP contribution >= 0.6 is 0 Å². The van der Waals surface area contributed by atoms with E-state index in [0.29, 0.717) is 25.9 Å². The topological polar surface area (TPSA) is 155 Å². The van der Waals surface area contributed by atoms with Gasteiger partial charge in [0.25, 0.3) is 0 Å². The maximum absolute atomic E-state index is 11.9. The van der Waals surface area contributed by atoms with Gasteiger partial charge in [-0.05, 0) is 25.7 Å². The molecule has 55 heavy (non-hydrogen) atoms. The fourth-order valence-electron chi connectivity index (χ4n) is 6.53.